The smallest absolute Gasteiger partial charge is 0.431 e. The maximum absolute atomic E-state index is 12.5. The van der Waals surface area contributed by atoms with E-state index in [1.54, 1.807) is 13.8 Å². The van der Waals surface area contributed by atoms with E-state index in [1.807, 2.05) is 4.72 Å². The molecule has 32 heavy (non-hydrogen) atoms. The molecule has 0 saturated carbocycles. The Morgan fingerprint density at radius 1 is 1.00 bits per heavy atom. The summed E-state index contributed by atoms with van der Waals surface area (Å²) >= 11 is 0. The Labute approximate surface area is 185 Å². The van der Waals surface area contributed by atoms with Gasteiger partial charge in [0, 0.05) is 31.5 Å². The largest absolute Gasteiger partial charge is 0.515 e. The number of hydrogen-bond donors (Lipinski definition) is 2. The van der Waals surface area contributed by atoms with Crippen LogP contribution < -0.4 is 14.8 Å². The van der Waals surface area contributed by atoms with Crippen molar-refractivity contribution in [1.29, 1.82) is 0 Å². The molecule has 0 aliphatic rings. The number of nitrogens with one attached hydrogen (secondary N) is 2. The first-order valence-electron chi connectivity index (χ1n) is 9.41. The molecule has 1 aromatic carbocycles. The average molecular weight is 465 g/mol. The Bertz CT molecular complexity index is 1050. The molecular weight excluding hydrogens is 442 g/mol. The van der Waals surface area contributed by atoms with Crippen LogP contribution in [0.2, 0.25) is 0 Å². The fourth-order valence-electron chi connectivity index (χ4n) is 2.27. The minimum atomic E-state index is -4.20. The van der Waals surface area contributed by atoms with Gasteiger partial charge < -0.3 is 19.5 Å². The Morgan fingerprint density at radius 2 is 1.66 bits per heavy atom. The van der Waals surface area contributed by atoms with E-state index in [4.69, 9.17) is 14.2 Å². The van der Waals surface area contributed by atoms with Gasteiger partial charge in [0.15, 0.2) is 0 Å². The molecule has 1 aromatic heterocycles. The summed E-state index contributed by atoms with van der Waals surface area (Å²) in [6.07, 6.45) is -0.281. The third-order valence-electron chi connectivity index (χ3n) is 3.76. The lowest BCUT2D eigenvalue weighted by molar-refractivity contribution is 0.0715. The van der Waals surface area contributed by atoms with Crippen molar-refractivity contribution < 1.29 is 37.0 Å². The van der Waals surface area contributed by atoms with Crippen LogP contribution in [-0.4, -0.2) is 57.7 Å². The van der Waals surface area contributed by atoms with Crippen LogP contribution in [0, 0.1) is 0 Å². The molecule has 0 bridgehead atoms. The minimum absolute atomic E-state index is 0.0766. The second-order valence-corrected chi connectivity index (χ2v) is 8.29. The molecule has 1 heterocycles. The maximum Gasteiger partial charge on any atom is 0.515 e. The predicted octanol–water partition coefficient (Wildman–Crippen LogP) is 1.50. The number of carbonyl (C=O) groups is 3. The number of sulfonamides is 1. The van der Waals surface area contributed by atoms with Crippen LogP contribution in [0.4, 0.5) is 4.79 Å². The third kappa shape index (κ3) is 7.32. The minimum Gasteiger partial charge on any atom is -0.431 e. The first-order chi connectivity index (χ1) is 15.1. The molecule has 2 amide bonds. The van der Waals surface area contributed by atoms with Crippen molar-refractivity contribution in [1.82, 2.24) is 15.0 Å². The van der Waals surface area contributed by atoms with Crippen LogP contribution in [0.15, 0.2) is 47.5 Å². The summed E-state index contributed by atoms with van der Waals surface area (Å²) in [4.78, 5) is 39.3. The summed E-state index contributed by atoms with van der Waals surface area (Å²) in [5, 5.41) is 2.61. The van der Waals surface area contributed by atoms with Crippen molar-refractivity contribution in [3.63, 3.8) is 0 Å². The first kappa shape index (κ1) is 24.8. The van der Waals surface area contributed by atoms with Crippen molar-refractivity contribution in [3.05, 3.63) is 53.7 Å². The number of aromatic nitrogens is 1. The highest BCUT2D eigenvalue weighted by atomic mass is 32.2. The van der Waals surface area contributed by atoms with Crippen LogP contribution in [0.3, 0.4) is 0 Å². The summed E-state index contributed by atoms with van der Waals surface area (Å²) in [5.74, 6) is -1.44. The standard InChI is InChI=1S/C20H23N3O8S/c1-13(2)30-20(26)31-17-9-6-15(12-22-17)19(25)23-32(27,28)16-7-4-14(5-8-16)18(24)21-10-11-29-3/h4-9,12-13H,10-11H2,1-3H3,(H,21,24)(H,23,25). The SMILES string of the molecule is COCCNC(=O)c1ccc(S(=O)(=O)NC(=O)c2ccc(OC(=O)OC(C)C)nc2)cc1. The van der Waals surface area contributed by atoms with Gasteiger partial charge >= 0.3 is 6.16 Å². The summed E-state index contributed by atoms with van der Waals surface area (Å²) < 4.78 is 41.3. The van der Waals surface area contributed by atoms with E-state index in [0.717, 1.165) is 6.20 Å². The number of amides is 2. The summed E-state index contributed by atoms with van der Waals surface area (Å²) in [6.45, 7) is 3.94. The van der Waals surface area contributed by atoms with Gasteiger partial charge in [0.1, 0.15) is 0 Å². The van der Waals surface area contributed by atoms with Gasteiger partial charge in [-0.05, 0) is 44.2 Å². The Balaban J connectivity index is 2.01. The summed E-state index contributed by atoms with van der Waals surface area (Å²) in [6, 6.07) is 7.52. The number of rotatable bonds is 9. The summed E-state index contributed by atoms with van der Waals surface area (Å²) in [5.41, 5.74) is 0.175. The molecule has 12 heteroatoms. The number of nitrogens with zero attached hydrogens (tertiary/aromatic N) is 1. The number of carbonyl (C=O) groups excluding carboxylic acids is 3. The van der Waals surface area contributed by atoms with E-state index in [1.165, 1.54) is 43.5 Å². The van der Waals surface area contributed by atoms with Crippen molar-refractivity contribution in [2.24, 2.45) is 0 Å². The van der Waals surface area contributed by atoms with Crippen molar-refractivity contribution >= 4 is 28.0 Å². The van der Waals surface area contributed by atoms with Crippen molar-refractivity contribution in [3.8, 4) is 5.88 Å². The van der Waals surface area contributed by atoms with Gasteiger partial charge in [0.25, 0.3) is 21.8 Å². The van der Waals surface area contributed by atoms with Gasteiger partial charge in [-0.25, -0.2) is 22.9 Å². The Morgan fingerprint density at radius 3 is 2.22 bits per heavy atom. The van der Waals surface area contributed by atoms with Crippen LogP contribution in [0.5, 0.6) is 5.88 Å². The third-order valence-corrected chi connectivity index (χ3v) is 5.11. The first-order valence-corrected chi connectivity index (χ1v) is 10.9. The second-order valence-electron chi connectivity index (χ2n) is 6.61. The van der Waals surface area contributed by atoms with Gasteiger partial charge in [-0.3, -0.25) is 9.59 Å². The van der Waals surface area contributed by atoms with E-state index >= 15 is 0 Å². The van der Waals surface area contributed by atoms with Gasteiger partial charge in [-0.15, -0.1) is 0 Å². The molecule has 0 atom stereocenters. The highest BCUT2D eigenvalue weighted by molar-refractivity contribution is 7.90. The van der Waals surface area contributed by atoms with E-state index in [9.17, 15) is 22.8 Å². The van der Waals surface area contributed by atoms with Crippen molar-refractivity contribution in [2.45, 2.75) is 24.8 Å². The molecule has 172 valence electrons. The quantitative estimate of drug-likeness (QED) is 0.415. The zero-order valence-corrected chi connectivity index (χ0v) is 18.5. The maximum atomic E-state index is 12.5. The second kappa shape index (κ2) is 11.2. The van der Waals surface area contributed by atoms with Gasteiger partial charge in [0.05, 0.1) is 23.2 Å². The molecule has 0 unspecified atom stereocenters. The number of ether oxygens (including phenoxy) is 3. The number of pyridine rings is 1. The molecule has 0 aliphatic carbocycles. The molecular formula is C20H23N3O8S. The van der Waals surface area contributed by atoms with Gasteiger partial charge in [0.2, 0.25) is 5.88 Å². The lowest BCUT2D eigenvalue weighted by atomic mass is 10.2. The molecule has 0 spiro atoms. The molecule has 11 nitrogen and oxygen atoms in total. The average Bonchev–Trinajstić information content (AvgIpc) is 2.73. The fraction of sp³-hybridized carbons (Fsp3) is 0.300. The Kier molecular flexibility index (Phi) is 8.67. The van der Waals surface area contributed by atoms with Crippen molar-refractivity contribution in [2.75, 3.05) is 20.3 Å². The molecule has 2 N–H and O–H groups in total. The van der Waals surface area contributed by atoms with Gasteiger partial charge in [-0.2, -0.15) is 0 Å². The van der Waals surface area contributed by atoms with E-state index in [2.05, 4.69) is 10.3 Å². The van der Waals surface area contributed by atoms with Gasteiger partial charge in [-0.1, -0.05) is 0 Å². The van der Waals surface area contributed by atoms with Crippen LogP contribution in [0.25, 0.3) is 0 Å². The molecule has 0 saturated heterocycles. The van der Waals surface area contributed by atoms with Crippen LogP contribution in [0.1, 0.15) is 34.6 Å². The normalized spacial score (nSPS) is 11.0. The summed E-state index contributed by atoms with van der Waals surface area (Å²) in [7, 11) is -2.70. The zero-order chi connectivity index (χ0) is 23.7. The monoisotopic (exact) mass is 465 g/mol. The van der Waals surface area contributed by atoms with Crippen LogP contribution >= 0.6 is 0 Å². The molecule has 2 rings (SSSR count). The highest BCUT2D eigenvalue weighted by Crippen LogP contribution is 2.13. The topological polar surface area (TPSA) is 150 Å². The number of methoxy groups -OCH3 is 1. The van der Waals surface area contributed by atoms with E-state index < -0.39 is 22.1 Å². The lowest BCUT2D eigenvalue weighted by Gasteiger charge is -2.09. The van der Waals surface area contributed by atoms with Crippen LogP contribution in [-0.2, 0) is 19.5 Å². The molecule has 0 aliphatic heterocycles. The highest BCUT2D eigenvalue weighted by Gasteiger charge is 2.20. The molecule has 0 radical (unpaired) electrons. The number of benzene rings is 1. The molecule has 2 aromatic rings. The predicted molar refractivity (Wildman–Crippen MR) is 112 cm³/mol. The van der Waals surface area contributed by atoms with E-state index in [0.29, 0.717) is 13.2 Å². The molecule has 0 fully saturated rings. The Hall–Kier alpha value is -3.51. The number of hydrogen-bond acceptors (Lipinski definition) is 9. The zero-order valence-electron chi connectivity index (χ0n) is 17.7. The van der Waals surface area contributed by atoms with E-state index in [-0.39, 0.29) is 33.9 Å². The lowest BCUT2D eigenvalue weighted by Crippen LogP contribution is -2.31. The fourth-order valence-corrected chi connectivity index (χ4v) is 3.25.